The Kier molecular flexibility index (Phi) is 5.94. The summed E-state index contributed by atoms with van der Waals surface area (Å²) < 4.78 is 9.83. The van der Waals surface area contributed by atoms with Crippen molar-refractivity contribution < 1.29 is 14.3 Å². The summed E-state index contributed by atoms with van der Waals surface area (Å²) in [4.78, 5) is 10.9. The largest absolute Gasteiger partial charge is 0.447 e. The van der Waals surface area contributed by atoms with Crippen molar-refractivity contribution in [2.45, 2.75) is 20.0 Å². The third kappa shape index (κ3) is 5.63. The molecule has 0 amide bonds. The third-order valence-corrected chi connectivity index (χ3v) is 1.81. The van der Waals surface area contributed by atoms with Gasteiger partial charge in [0.15, 0.2) is 0 Å². The van der Waals surface area contributed by atoms with Crippen LogP contribution < -0.4 is 0 Å². The lowest BCUT2D eigenvalue weighted by atomic mass is 10.2. The highest BCUT2D eigenvalue weighted by atomic mass is 16.5. The quantitative estimate of drug-likeness (QED) is 0.587. The Bertz CT molecular complexity index is 497. The van der Waals surface area contributed by atoms with Crippen LogP contribution in [0.3, 0.4) is 0 Å². The van der Waals surface area contributed by atoms with Crippen LogP contribution in [0.15, 0.2) is 30.3 Å². The highest BCUT2D eigenvalue weighted by Gasteiger charge is 2.03. The summed E-state index contributed by atoms with van der Waals surface area (Å²) in [7, 11) is 0. The van der Waals surface area contributed by atoms with Crippen LogP contribution in [0, 0.1) is 23.9 Å². The smallest absolute Gasteiger partial charge is 0.304 e. The third-order valence-electron chi connectivity index (χ3n) is 1.81. The van der Waals surface area contributed by atoms with Crippen molar-refractivity contribution in [3.8, 4) is 23.9 Å². The van der Waals surface area contributed by atoms with Gasteiger partial charge in [-0.2, -0.15) is 0 Å². The van der Waals surface area contributed by atoms with Crippen molar-refractivity contribution in [2.75, 3.05) is 6.61 Å². The van der Waals surface area contributed by atoms with Crippen LogP contribution in [-0.4, -0.2) is 18.7 Å². The van der Waals surface area contributed by atoms with Gasteiger partial charge in [0.25, 0.3) is 0 Å². The van der Waals surface area contributed by atoms with Gasteiger partial charge in [0.2, 0.25) is 6.10 Å². The molecule has 3 nitrogen and oxygen atoms in total. The highest BCUT2D eigenvalue weighted by molar-refractivity contribution is 5.67. The summed E-state index contributed by atoms with van der Waals surface area (Å²) in [6.07, 6.45) is 1.68. The van der Waals surface area contributed by atoms with E-state index in [9.17, 15) is 4.79 Å². The molecule has 0 heterocycles. The highest BCUT2D eigenvalue weighted by Crippen LogP contribution is 1.96. The first-order valence-corrected chi connectivity index (χ1v) is 5.58. The fourth-order valence-electron chi connectivity index (χ4n) is 1.10. The van der Waals surface area contributed by atoms with Gasteiger partial charge in [-0.15, -0.1) is 0 Å². The molecule has 1 aromatic carbocycles. The van der Waals surface area contributed by atoms with E-state index >= 15 is 0 Å². The summed E-state index contributed by atoms with van der Waals surface area (Å²) in [6, 6.07) is 9.42. The molecule has 0 saturated carbocycles. The van der Waals surface area contributed by atoms with Gasteiger partial charge in [-0.05, 0) is 30.9 Å². The summed E-state index contributed by atoms with van der Waals surface area (Å²) >= 11 is 0. The van der Waals surface area contributed by atoms with Crippen molar-refractivity contribution in [3.05, 3.63) is 35.9 Å². The molecular weight excluding hydrogens is 228 g/mol. The van der Waals surface area contributed by atoms with Crippen molar-refractivity contribution >= 4 is 5.97 Å². The molecule has 0 spiro atoms. The van der Waals surface area contributed by atoms with E-state index in [1.807, 2.05) is 37.3 Å². The normalized spacial score (nSPS) is 10.1. The topological polar surface area (TPSA) is 35.5 Å². The molecule has 18 heavy (non-hydrogen) atoms. The molecule has 0 saturated heterocycles. The van der Waals surface area contributed by atoms with E-state index in [-0.39, 0.29) is 0 Å². The zero-order chi connectivity index (χ0) is 13.2. The fourth-order valence-corrected chi connectivity index (χ4v) is 1.10. The molecule has 0 bridgehead atoms. The van der Waals surface area contributed by atoms with E-state index in [2.05, 4.69) is 23.9 Å². The fraction of sp³-hybridized carbons (Fsp3) is 0.267. The van der Waals surface area contributed by atoms with Gasteiger partial charge in [0.1, 0.15) is 6.11 Å². The second kappa shape index (κ2) is 7.81. The van der Waals surface area contributed by atoms with Crippen LogP contribution in [0.4, 0.5) is 0 Å². The molecule has 1 unspecified atom stereocenters. The van der Waals surface area contributed by atoms with Gasteiger partial charge in [-0.1, -0.05) is 24.1 Å². The number of carbonyl (C=O) groups excluding carboxylic acids is 1. The predicted octanol–water partition coefficient (Wildman–Crippen LogP) is 1.97. The maximum absolute atomic E-state index is 10.9. The van der Waals surface area contributed by atoms with E-state index in [0.717, 1.165) is 5.56 Å². The number of rotatable bonds is 2. The molecule has 0 aliphatic rings. The van der Waals surface area contributed by atoms with Crippen molar-refractivity contribution in [3.63, 3.8) is 0 Å². The second-order valence-electron chi connectivity index (χ2n) is 3.30. The maximum Gasteiger partial charge on any atom is 0.304 e. The number of hydrogen-bond acceptors (Lipinski definition) is 3. The SMILES string of the molecule is CCOC#CC(C#Cc1ccccc1)OC(C)=O. The van der Waals surface area contributed by atoms with Crippen LogP contribution in [0.5, 0.6) is 0 Å². The molecule has 0 aliphatic heterocycles. The number of benzene rings is 1. The van der Waals surface area contributed by atoms with Crippen LogP contribution in [-0.2, 0) is 14.3 Å². The maximum atomic E-state index is 10.9. The lowest BCUT2D eigenvalue weighted by molar-refractivity contribution is -0.141. The van der Waals surface area contributed by atoms with E-state index in [4.69, 9.17) is 9.47 Å². The molecule has 0 N–H and O–H groups in total. The zero-order valence-electron chi connectivity index (χ0n) is 10.4. The molecule has 0 radical (unpaired) electrons. The Morgan fingerprint density at radius 2 is 2.00 bits per heavy atom. The molecule has 3 heteroatoms. The van der Waals surface area contributed by atoms with Gasteiger partial charge in [0, 0.05) is 12.5 Å². The molecule has 0 fully saturated rings. The average Bonchev–Trinajstić information content (AvgIpc) is 2.37. The van der Waals surface area contributed by atoms with Crippen LogP contribution in [0.2, 0.25) is 0 Å². The molecular formula is C15H14O3. The number of esters is 1. The Morgan fingerprint density at radius 3 is 2.61 bits per heavy atom. The molecule has 1 aromatic rings. The number of ether oxygens (including phenoxy) is 2. The van der Waals surface area contributed by atoms with Gasteiger partial charge in [0.05, 0.1) is 6.61 Å². The Morgan fingerprint density at radius 1 is 1.28 bits per heavy atom. The average molecular weight is 242 g/mol. The van der Waals surface area contributed by atoms with Crippen LogP contribution in [0.25, 0.3) is 0 Å². The number of carbonyl (C=O) groups is 1. The minimum Gasteiger partial charge on any atom is -0.447 e. The van der Waals surface area contributed by atoms with E-state index < -0.39 is 12.1 Å². The summed E-state index contributed by atoms with van der Waals surface area (Å²) in [5.74, 6) is 7.88. The lowest BCUT2D eigenvalue weighted by Crippen LogP contribution is -2.12. The predicted molar refractivity (Wildman–Crippen MR) is 68.3 cm³/mol. The summed E-state index contributed by atoms with van der Waals surface area (Å²) in [5.41, 5.74) is 0.841. The Labute approximate surface area is 107 Å². The zero-order valence-corrected chi connectivity index (χ0v) is 10.4. The molecule has 0 aromatic heterocycles. The van der Waals surface area contributed by atoms with Gasteiger partial charge >= 0.3 is 5.97 Å². The minimum atomic E-state index is -0.769. The standard InChI is InChI=1S/C15H14O3/c1-3-17-12-11-15(18-13(2)16)10-9-14-7-5-4-6-8-14/h4-8,15H,3H2,1-2H3. The summed E-state index contributed by atoms with van der Waals surface area (Å²) in [6.45, 7) is 3.62. The first kappa shape index (κ1) is 13.7. The molecule has 0 aliphatic carbocycles. The van der Waals surface area contributed by atoms with Gasteiger partial charge in [-0.25, -0.2) is 0 Å². The van der Waals surface area contributed by atoms with Crippen LogP contribution in [0.1, 0.15) is 19.4 Å². The second-order valence-corrected chi connectivity index (χ2v) is 3.30. The first-order valence-electron chi connectivity index (χ1n) is 5.58. The number of hydrogen-bond donors (Lipinski definition) is 0. The Hall–Kier alpha value is -2.39. The van der Waals surface area contributed by atoms with Gasteiger partial charge < -0.3 is 9.47 Å². The Balaban J connectivity index is 2.76. The first-order chi connectivity index (χ1) is 8.72. The monoisotopic (exact) mass is 242 g/mol. The van der Waals surface area contributed by atoms with E-state index in [0.29, 0.717) is 6.61 Å². The van der Waals surface area contributed by atoms with Crippen molar-refractivity contribution in [1.82, 2.24) is 0 Å². The van der Waals surface area contributed by atoms with Crippen molar-refractivity contribution in [2.24, 2.45) is 0 Å². The molecule has 92 valence electrons. The van der Waals surface area contributed by atoms with Crippen molar-refractivity contribution in [1.29, 1.82) is 0 Å². The molecule has 1 rings (SSSR count). The minimum absolute atomic E-state index is 0.423. The summed E-state index contributed by atoms with van der Waals surface area (Å²) in [5, 5.41) is 0. The van der Waals surface area contributed by atoms with Gasteiger partial charge in [-0.3, -0.25) is 4.79 Å². The van der Waals surface area contributed by atoms with Crippen LogP contribution >= 0.6 is 0 Å². The molecule has 1 atom stereocenters. The van der Waals surface area contributed by atoms with E-state index in [1.165, 1.54) is 6.92 Å². The van der Waals surface area contributed by atoms with E-state index in [1.54, 1.807) is 0 Å². The lowest BCUT2D eigenvalue weighted by Gasteiger charge is -2.02.